The summed E-state index contributed by atoms with van der Waals surface area (Å²) >= 11 is 0. The average Bonchev–Trinajstić information content (AvgIpc) is 2.76. The van der Waals surface area contributed by atoms with E-state index in [-0.39, 0.29) is 6.03 Å². The number of aryl methyl sites for hydroxylation is 1. The van der Waals surface area contributed by atoms with Gasteiger partial charge in [0.1, 0.15) is 0 Å². The summed E-state index contributed by atoms with van der Waals surface area (Å²) in [5, 5.41) is 16.6. The third kappa shape index (κ3) is 4.16. The second-order valence-electron chi connectivity index (χ2n) is 5.28. The highest BCUT2D eigenvalue weighted by Crippen LogP contribution is 2.14. The van der Waals surface area contributed by atoms with Gasteiger partial charge in [-0.2, -0.15) is 0 Å². The van der Waals surface area contributed by atoms with Crippen molar-refractivity contribution in [1.29, 1.82) is 0 Å². The minimum Gasteiger partial charge on any atom is -0.337 e. The topological polar surface area (TPSA) is 88.0 Å². The van der Waals surface area contributed by atoms with E-state index in [0.29, 0.717) is 25.0 Å². The Bertz CT molecular complexity index is 433. The van der Waals surface area contributed by atoms with E-state index in [0.717, 1.165) is 19.5 Å². The van der Waals surface area contributed by atoms with Gasteiger partial charge in [0, 0.05) is 19.6 Å². The molecule has 2 N–H and O–H groups in total. The van der Waals surface area contributed by atoms with E-state index in [4.69, 9.17) is 0 Å². The lowest BCUT2D eigenvalue weighted by atomic mass is 10.0. The van der Waals surface area contributed by atoms with Crippen LogP contribution in [0.5, 0.6) is 0 Å². The average molecular weight is 281 g/mol. The van der Waals surface area contributed by atoms with Gasteiger partial charge in [0.2, 0.25) is 0 Å². The number of anilines is 1. The van der Waals surface area contributed by atoms with Crippen molar-refractivity contribution in [2.24, 2.45) is 5.92 Å². The molecule has 0 saturated carbocycles. The fourth-order valence-corrected chi connectivity index (χ4v) is 2.49. The van der Waals surface area contributed by atoms with E-state index >= 15 is 0 Å². The van der Waals surface area contributed by atoms with Crippen LogP contribution in [0, 0.1) is 5.92 Å². The molecule has 8 heteroatoms. The minimum absolute atomic E-state index is 0.249. The number of urea groups is 1. The van der Waals surface area contributed by atoms with Crippen LogP contribution in [0.25, 0.3) is 0 Å². The highest BCUT2D eigenvalue weighted by molar-refractivity contribution is 5.87. The maximum atomic E-state index is 11.8. The van der Waals surface area contributed by atoms with Gasteiger partial charge >= 0.3 is 6.03 Å². The molecule has 0 spiro atoms. The number of carbonyl (C=O) groups excluding carboxylic acids is 1. The summed E-state index contributed by atoms with van der Waals surface area (Å²) in [7, 11) is 2.13. The Hall–Kier alpha value is -1.70. The summed E-state index contributed by atoms with van der Waals surface area (Å²) in [5.74, 6) is 0.887. The van der Waals surface area contributed by atoms with Crippen molar-refractivity contribution >= 4 is 12.0 Å². The molecule has 112 valence electrons. The molecule has 1 atom stereocenters. The highest BCUT2D eigenvalue weighted by atomic mass is 16.2. The van der Waals surface area contributed by atoms with Crippen molar-refractivity contribution in [3.8, 4) is 0 Å². The summed E-state index contributed by atoms with van der Waals surface area (Å²) in [4.78, 5) is 14.2. The number of rotatable bonds is 4. The zero-order chi connectivity index (χ0) is 14.4. The molecule has 2 heterocycles. The van der Waals surface area contributed by atoms with Crippen LogP contribution in [0.1, 0.15) is 26.2 Å². The first-order valence-electron chi connectivity index (χ1n) is 7.18. The highest BCUT2D eigenvalue weighted by Gasteiger charge is 2.17. The molecule has 1 unspecified atom stereocenters. The lowest BCUT2D eigenvalue weighted by Gasteiger charge is -2.20. The van der Waals surface area contributed by atoms with Gasteiger partial charge in [-0.15, -0.1) is 0 Å². The molecule has 2 rings (SSSR count). The third-order valence-corrected chi connectivity index (χ3v) is 3.58. The van der Waals surface area contributed by atoms with Crippen molar-refractivity contribution < 1.29 is 4.79 Å². The smallest absolute Gasteiger partial charge is 0.321 e. The Labute approximate surface area is 118 Å². The first-order chi connectivity index (χ1) is 9.69. The Morgan fingerprint density at radius 2 is 2.30 bits per heavy atom. The number of likely N-dealkylation sites (tertiary alicyclic amines) is 1. The van der Waals surface area contributed by atoms with E-state index in [1.165, 1.54) is 12.8 Å². The Morgan fingerprint density at radius 3 is 3.10 bits per heavy atom. The maximum absolute atomic E-state index is 11.8. The number of nitrogens with zero attached hydrogens (tertiary/aromatic N) is 5. The number of hydrogen-bond donors (Lipinski definition) is 2. The van der Waals surface area contributed by atoms with Crippen molar-refractivity contribution in [3.63, 3.8) is 0 Å². The number of amides is 2. The number of carbonyl (C=O) groups is 1. The number of hydrogen-bond acceptors (Lipinski definition) is 5. The standard InChI is InChI=1S/C12H23N7O/c1-3-19-11(15-16-17-19)14-12(20)13-8-10-6-4-5-7-18(2)9-10/h10H,3-9H2,1-2H3,(H2,13,14,15,17,20). The molecular weight excluding hydrogens is 258 g/mol. The molecule has 0 aliphatic carbocycles. The molecular formula is C12H23N7O. The summed E-state index contributed by atoms with van der Waals surface area (Å²) in [6.45, 7) is 5.40. The van der Waals surface area contributed by atoms with E-state index in [1.54, 1.807) is 4.68 Å². The van der Waals surface area contributed by atoms with Gasteiger partial charge in [0.05, 0.1) is 0 Å². The first kappa shape index (κ1) is 14.7. The van der Waals surface area contributed by atoms with Crippen molar-refractivity contribution in [2.45, 2.75) is 32.7 Å². The van der Waals surface area contributed by atoms with Crippen LogP contribution < -0.4 is 10.6 Å². The zero-order valence-electron chi connectivity index (χ0n) is 12.2. The van der Waals surface area contributed by atoms with Crippen LogP contribution in [0.2, 0.25) is 0 Å². The predicted molar refractivity (Wildman–Crippen MR) is 75.4 cm³/mol. The molecule has 1 saturated heterocycles. The van der Waals surface area contributed by atoms with Gasteiger partial charge in [-0.1, -0.05) is 11.5 Å². The van der Waals surface area contributed by atoms with E-state index in [9.17, 15) is 4.79 Å². The lowest BCUT2D eigenvalue weighted by Crippen LogP contribution is -2.37. The molecule has 1 fully saturated rings. The summed E-state index contributed by atoms with van der Waals surface area (Å²) in [6.07, 6.45) is 3.63. The van der Waals surface area contributed by atoms with Crippen LogP contribution in [-0.2, 0) is 6.54 Å². The number of nitrogens with one attached hydrogen (secondary N) is 2. The van der Waals surface area contributed by atoms with Crippen LogP contribution in [-0.4, -0.2) is 57.8 Å². The van der Waals surface area contributed by atoms with Crippen LogP contribution in [0.4, 0.5) is 10.7 Å². The quantitative estimate of drug-likeness (QED) is 0.841. The van der Waals surface area contributed by atoms with Gasteiger partial charge in [-0.25, -0.2) is 9.48 Å². The molecule has 1 aliphatic heterocycles. The molecule has 20 heavy (non-hydrogen) atoms. The molecule has 0 radical (unpaired) electrons. The maximum Gasteiger partial charge on any atom is 0.321 e. The molecule has 1 aromatic rings. The number of aromatic nitrogens is 4. The van der Waals surface area contributed by atoms with Gasteiger partial charge in [0.25, 0.3) is 5.95 Å². The van der Waals surface area contributed by atoms with E-state index in [1.807, 2.05) is 6.92 Å². The minimum atomic E-state index is -0.249. The van der Waals surface area contributed by atoms with Crippen molar-refractivity contribution in [2.75, 3.05) is 32.0 Å². The van der Waals surface area contributed by atoms with Crippen LogP contribution >= 0.6 is 0 Å². The van der Waals surface area contributed by atoms with Gasteiger partial charge < -0.3 is 10.2 Å². The van der Waals surface area contributed by atoms with Crippen LogP contribution in [0.15, 0.2) is 0 Å². The Morgan fingerprint density at radius 1 is 1.45 bits per heavy atom. The molecule has 0 aromatic carbocycles. The fraction of sp³-hybridized carbons (Fsp3) is 0.833. The molecule has 0 bridgehead atoms. The molecule has 2 amide bonds. The second kappa shape index (κ2) is 7.18. The largest absolute Gasteiger partial charge is 0.337 e. The molecule has 1 aliphatic rings. The van der Waals surface area contributed by atoms with Gasteiger partial charge in [-0.3, -0.25) is 5.32 Å². The van der Waals surface area contributed by atoms with Gasteiger partial charge in [0.15, 0.2) is 0 Å². The van der Waals surface area contributed by atoms with Gasteiger partial charge in [-0.05, 0) is 49.7 Å². The van der Waals surface area contributed by atoms with E-state index in [2.05, 4.69) is 38.1 Å². The first-order valence-corrected chi connectivity index (χ1v) is 7.18. The Kier molecular flexibility index (Phi) is 5.28. The predicted octanol–water partition coefficient (Wildman–Crippen LogP) is 0.546. The summed E-state index contributed by atoms with van der Waals surface area (Å²) in [6, 6.07) is -0.249. The Balaban J connectivity index is 1.77. The number of tetrazole rings is 1. The lowest BCUT2D eigenvalue weighted by molar-refractivity contribution is 0.245. The van der Waals surface area contributed by atoms with Crippen LogP contribution in [0.3, 0.4) is 0 Å². The molecule has 1 aromatic heterocycles. The summed E-state index contributed by atoms with van der Waals surface area (Å²) in [5.41, 5.74) is 0. The zero-order valence-corrected chi connectivity index (χ0v) is 12.2. The third-order valence-electron chi connectivity index (χ3n) is 3.58. The summed E-state index contributed by atoms with van der Waals surface area (Å²) < 4.78 is 1.54. The monoisotopic (exact) mass is 281 g/mol. The second-order valence-corrected chi connectivity index (χ2v) is 5.28. The van der Waals surface area contributed by atoms with Crippen molar-refractivity contribution in [1.82, 2.24) is 30.4 Å². The normalized spacial score (nSPS) is 20.4. The SMILES string of the molecule is CCn1nnnc1NC(=O)NCC1CCCCN(C)C1. The van der Waals surface area contributed by atoms with E-state index < -0.39 is 0 Å². The van der Waals surface area contributed by atoms with Crippen molar-refractivity contribution in [3.05, 3.63) is 0 Å². The molecule has 8 nitrogen and oxygen atoms in total. The fourth-order valence-electron chi connectivity index (χ4n) is 2.49.